The minimum absolute atomic E-state index is 0.184. The topological polar surface area (TPSA) is 54.0 Å². The molecule has 3 aromatic rings. The summed E-state index contributed by atoms with van der Waals surface area (Å²) in [4.78, 5) is 17.8. The molecule has 0 saturated carbocycles. The normalized spacial score (nSPS) is 14.0. The minimum atomic E-state index is -0.184. The van der Waals surface area contributed by atoms with Crippen LogP contribution in [0.3, 0.4) is 0 Å². The molecule has 178 valence electrons. The van der Waals surface area contributed by atoms with E-state index in [1.807, 2.05) is 42.5 Å². The highest BCUT2D eigenvalue weighted by Crippen LogP contribution is 2.30. The van der Waals surface area contributed by atoms with Crippen molar-refractivity contribution in [3.05, 3.63) is 83.4 Å². The van der Waals surface area contributed by atoms with Crippen LogP contribution in [0.15, 0.2) is 66.7 Å². The number of ether oxygens (including phenoxy) is 2. The van der Waals surface area contributed by atoms with Gasteiger partial charge >= 0.3 is 0 Å². The molecule has 1 N–H and O–H groups in total. The summed E-state index contributed by atoms with van der Waals surface area (Å²) in [6, 6.07) is 21.3. The van der Waals surface area contributed by atoms with Crippen molar-refractivity contribution in [1.82, 2.24) is 4.90 Å². The maximum Gasteiger partial charge on any atom is 0.255 e. The van der Waals surface area contributed by atoms with Gasteiger partial charge in [0.05, 0.1) is 7.11 Å². The van der Waals surface area contributed by atoms with Crippen molar-refractivity contribution in [2.75, 3.05) is 50.1 Å². The van der Waals surface area contributed by atoms with Crippen LogP contribution in [-0.4, -0.2) is 50.6 Å². The number of hydrogen-bond acceptors (Lipinski definition) is 5. The van der Waals surface area contributed by atoms with E-state index in [1.54, 1.807) is 25.3 Å². The van der Waals surface area contributed by atoms with Gasteiger partial charge in [0.15, 0.2) is 11.5 Å². The number of methoxy groups -OCH3 is 1. The maximum absolute atomic E-state index is 12.9. The Morgan fingerprint density at radius 3 is 2.38 bits per heavy atom. The van der Waals surface area contributed by atoms with Crippen LogP contribution in [0.2, 0.25) is 0 Å². The molecule has 1 fully saturated rings. The average Bonchev–Trinajstić information content (AvgIpc) is 2.88. The predicted molar refractivity (Wildman–Crippen MR) is 137 cm³/mol. The van der Waals surface area contributed by atoms with Crippen LogP contribution < -0.4 is 19.7 Å². The fraction of sp³-hybridized carbons (Fsp3) is 0.321. The van der Waals surface area contributed by atoms with Crippen molar-refractivity contribution in [3.63, 3.8) is 0 Å². The zero-order chi connectivity index (χ0) is 23.9. The molecule has 0 unspecified atom stereocenters. The van der Waals surface area contributed by atoms with Crippen LogP contribution in [0.5, 0.6) is 11.5 Å². The number of amides is 1. The molecular weight excluding hydrogens is 426 g/mol. The summed E-state index contributed by atoms with van der Waals surface area (Å²) in [6.45, 7) is 10.1. The zero-order valence-corrected chi connectivity index (χ0v) is 20.2. The summed E-state index contributed by atoms with van der Waals surface area (Å²) < 4.78 is 11.4. The minimum Gasteiger partial charge on any atom is -0.493 e. The first-order valence-corrected chi connectivity index (χ1v) is 11.8. The van der Waals surface area contributed by atoms with Gasteiger partial charge in [-0.3, -0.25) is 4.79 Å². The van der Waals surface area contributed by atoms with Gasteiger partial charge < -0.3 is 24.6 Å². The summed E-state index contributed by atoms with van der Waals surface area (Å²) in [5, 5.41) is 3.01. The molecule has 34 heavy (non-hydrogen) atoms. The number of hydrogen-bond donors (Lipinski definition) is 1. The third kappa shape index (κ3) is 5.69. The number of carbonyl (C=O) groups excluding carboxylic acids is 1. The van der Waals surface area contributed by atoms with Gasteiger partial charge in [0.1, 0.15) is 6.61 Å². The van der Waals surface area contributed by atoms with Crippen LogP contribution in [0.1, 0.15) is 28.4 Å². The molecule has 0 atom stereocenters. The van der Waals surface area contributed by atoms with Gasteiger partial charge in [-0.25, -0.2) is 0 Å². The number of rotatable bonds is 8. The van der Waals surface area contributed by atoms with Crippen molar-refractivity contribution < 1.29 is 14.3 Å². The van der Waals surface area contributed by atoms with Crippen LogP contribution in [0, 0.1) is 6.92 Å². The highest BCUT2D eigenvalue weighted by Gasteiger charge is 2.18. The Balaban J connectivity index is 1.40. The molecule has 1 aliphatic rings. The number of aryl methyl sites for hydroxylation is 1. The number of nitrogens with one attached hydrogen (secondary N) is 1. The number of likely N-dealkylation sites (N-methyl/N-ethyl adjacent to an activating group) is 1. The number of piperazine rings is 1. The van der Waals surface area contributed by atoms with E-state index in [0.29, 0.717) is 23.7 Å². The third-order valence-corrected chi connectivity index (χ3v) is 6.28. The second-order valence-electron chi connectivity index (χ2n) is 8.52. The van der Waals surface area contributed by atoms with E-state index >= 15 is 0 Å². The molecule has 0 radical (unpaired) electrons. The summed E-state index contributed by atoms with van der Waals surface area (Å²) in [7, 11) is 1.58. The highest BCUT2D eigenvalue weighted by molar-refractivity contribution is 6.04. The number of benzene rings is 3. The van der Waals surface area contributed by atoms with Gasteiger partial charge in [0.2, 0.25) is 0 Å². The molecule has 1 aliphatic heterocycles. The van der Waals surface area contributed by atoms with Crippen LogP contribution in [0.4, 0.5) is 11.4 Å². The van der Waals surface area contributed by atoms with Gasteiger partial charge in [-0.05, 0) is 61.0 Å². The molecule has 1 heterocycles. The average molecular weight is 460 g/mol. The van der Waals surface area contributed by atoms with Gasteiger partial charge in [-0.2, -0.15) is 0 Å². The Morgan fingerprint density at radius 1 is 0.941 bits per heavy atom. The van der Waals surface area contributed by atoms with Crippen molar-refractivity contribution in [2.24, 2.45) is 0 Å². The molecule has 1 amide bonds. The zero-order valence-electron chi connectivity index (χ0n) is 20.2. The molecule has 0 aromatic heterocycles. The van der Waals surface area contributed by atoms with E-state index in [1.165, 1.54) is 5.69 Å². The van der Waals surface area contributed by atoms with Gasteiger partial charge in [-0.1, -0.05) is 37.3 Å². The summed E-state index contributed by atoms with van der Waals surface area (Å²) in [6.07, 6.45) is 0. The Kier molecular flexibility index (Phi) is 7.70. The van der Waals surface area contributed by atoms with Crippen molar-refractivity contribution >= 4 is 17.3 Å². The fourth-order valence-electron chi connectivity index (χ4n) is 4.26. The summed E-state index contributed by atoms with van der Waals surface area (Å²) in [5.41, 5.74) is 4.75. The van der Waals surface area contributed by atoms with E-state index in [0.717, 1.165) is 49.5 Å². The van der Waals surface area contributed by atoms with E-state index in [-0.39, 0.29) is 5.91 Å². The van der Waals surface area contributed by atoms with E-state index < -0.39 is 0 Å². The monoisotopic (exact) mass is 459 g/mol. The lowest BCUT2D eigenvalue weighted by Crippen LogP contribution is -2.46. The Labute approximate surface area is 202 Å². The van der Waals surface area contributed by atoms with Crippen molar-refractivity contribution in [3.8, 4) is 11.5 Å². The highest BCUT2D eigenvalue weighted by atomic mass is 16.5. The molecular formula is C28H33N3O3. The maximum atomic E-state index is 12.9. The molecule has 1 saturated heterocycles. The predicted octanol–water partition coefficient (Wildman–Crippen LogP) is 4.98. The van der Waals surface area contributed by atoms with Crippen LogP contribution in [-0.2, 0) is 6.61 Å². The number of nitrogens with zero attached hydrogens (tertiary/aromatic N) is 2. The van der Waals surface area contributed by atoms with Crippen molar-refractivity contribution in [1.29, 1.82) is 0 Å². The quantitative estimate of drug-likeness (QED) is 0.515. The fourth-order valence-corrected chi connectivity index (χ4v) is 4.26. The smallest absolute Gasteiger partial charge is 0.255 e. The Bertz CT molecular complexity index is 1110. The molecule has 4 rings (SSSR count). The Morgan fingerprint density at radius 2 is 1.71 bits per heavy atom. The summed E-state index contributed by atoms with van der Waals surface area (Å²) >= 11 is 0. The van der Waals surface area contributed by atoms with Crippen LogP contribution in [0.25, 0.3) is 0 Å². The number of carbonyl (C=O) groups is 1. The SMILES string of the molecule is CCN1CCN(c2ccc(NC(=O)c3ccc(OCc4ccccc4)c(OC)c3)cc2C)CC1. The Hall–Kier alpha value is -3.51. The molecule has 6 nitrogen and oxygen atoms in total. The molecule has 0 bridgehead atoms. The standard InChI is InChI=1S/C28H33N3O3/c1-4-30-14-16-31(17-15-30)25-12-11-24(18-21(25)2)29-28(32)23-10-13-26(27(19-23)33-3)34-20-22-8-6-5-7-9-22/h5-13,18-19H,4,14-17,20H2,1-3H3,(H,29,32). The third-order valence-electron chi connectivity index (χ3n) is 6.28. The number of anilines is 2. The lowest BCUT2D eigenvalue weighted by Gasteiger charge is -2.36. The molecule has 0 spiro atoms. The van der Waals surface area contributed by atoms with Gasteiger partial charge in [0.25, 0.3) is 5.91 Å². The lowest BCUT2D eigenvalue weighted by atomic mass is 10.1. The lowest BCUT2D eigenvalue weighted by molar-refractivity contribution is 0.102. The second kappa shape index (κ2) is 11.1. The van der Waals surface area contributed by atoms with Crippen LogP contribution >= 0.6 is 0 Å². The summed E-state index contributed by atoms with van der Waals surface area (Å²) in [5.74, 6) is 0.948. The first kappa shape index (κ1) is 23.6. The molecule has 3 aromatic carbocycles. The largest absolute Gasteiger partial charge is 0.493 e. The second-order valence-corrected chi connectivity index (χ2v) is 8.52. The van der Waals surface area contributed by atoms with E-state index in [9.17, 15) is 4.79 Å². The van der Waals surface area contributed by atoms with Gasteiger partial charge in [-0.15, -0.1) is 0 Å². The van der Waals surface area contributed by atoms with E-state index in [2.05, 4.69) is 35.0 Å². The molecule has 0 aliphatic carbocycles. The van der Waals surface area contributed by atoms with E-state index in [4.69, 9.17) is 9.47 Å². The molecule has 6 heteroatoms. The van der Waals surface area contributed by atoms with Crippen molar-refractivity contribution in [2.45, 2.75) is 20.5 Å². The first-order chi connectivity index (χ1) is 16.6. The van der Waals surface area contributed by atoms with Gasteiger partial charge in [0, 0.05) is 43.1 Å². The first-order valence-electron chi connectivity index (χ1n) is 11.8.